The predicted octanol–water partition coefficient (Wildman–Crippen LogP) is 4.57. The van der Waals surface area contributed by atoms with E-state index in [1.807, 2.05) is 20.8 Å². The Hall–Kier alpha value is -2.22. The number of hydrogen-bond donors (Lipinski definition) is 1. The molecule has 0 bridgehead atoms. The Morgan fingerprint density at radius 2 is 1.74 bits per heavy atom. The quantitative estimate of drug-likeness (QED) is 0.682. The van der Waals surface area contributed by atoms with Gasteiger partial charge in [0.2, 0.25) is 0 Å². The molecule has 3 rings (SSSR count). The number of nitrogens with zero attached hydrogens (tertiary/aromatic N) is 2. The molecular formula is C23H32F2N2O4. The summed E-state index contributed by atoms with van der Waals surface area (Å²) >= 11 is 0. The average molecular weight is 439 g/mol. The summed E-state index contributed by atoms with van der Waals surface area (Å²) in [5.41, 5.74) is -0.209. The Balaban J connectivity index is 1.94. The molecule has 1 N–H and O–H groups in total. The van der Waals surface area contributed by atoms with E-state index < -0.39 is 23.5 Å². The van der Waals surface area contributed by atoms with E-state index in [9.17, 15) is 18.4 Å². The maximum Gasteiger partial charge on any atom is 0.407 e. The third-order valence-corrected chi connectivity index (χ3v) is 6.18. The molecule has 0 unspecified atom stereocenters. The van der Waals surface area contributed by atoms with Crippen molar-refractivity contribution in [2.45, 2.75) is 70.4 Å². The van der Waals surface area contributed by atoms with Gasteiger partial charge in [-0.25, -0.2) is 13.6 Å². The lowest BCUT2D eigenvalue weighted by Gasteiger charge is -2.36. The monoisotopic (exact) mass is 438 g/mol. The summed E-state index contributed by atoms with van der Waals surface area (Å²) in [6, 6.07) is 4.61. The van der Waals surface area contributed by atoms with Crippen molar-refractivity contribution in [3.05, 3.63) is 34.9 Å². The smallest absolute Gasteiger partial charge is 0.407 e. The Morgan fingerprint density at radius 1 is 1.13 bits per heavy atom. The van der Waals surface area contributed by atoms with E-state index in [2.05, 4.69) is 4.90 Å². The highest BCUT2D eigenvalue weighted by Crippen LogP contribution is 2.45. The predicted molar refractivity (Wildman–Crippen MR) is 112 cm³/mol. The second-order valence-corrected chi connectivity index (χ2v) is 9.55. The molecule has 31 heavy (non-hydrogen) atoms. The summed E-state index contributed by atoms with van der Waals surface area (Å²) < 4.78 is 32.9. The van der Waals surface area contributed by atoms with Crippen molar-refractivity contribution in [3.63, 3.8) is 0 Å². The molecule has 1 amide bonds. The summed E-state index contributed by atoms with van der Waals surface area (Å²) in [7, 11) is 0. The van der Waals surface area contributed by atoms with Crippen LogP contribution in [0.1, 0.15) is 69.6 Å². The molecule has 0 aromatic heterocycles. The van der Waals surface area contributed by atoms with Gasteiger partial charge in [0.25, 0.3) is 6.43 Å². The van der Waals surface area contributed by atoms with Crippen LogP contribution in [0, 0.1) is 0 Å². The van der Waals surface area contributed by atoms with E-state index in [1.54, 1.807) is 6.07 Å². The number of benzene rings is 1. The maximum atomic E-state index is 13.6. The number of carbonyl (C=O) groups is 2. The van der Waals surface area contributed by atoms with Crippen LogP contribution in [-0.4, -0.2) is 58.7 Å². The van der Waals surface area contributed by atoms with Crippen LogP contribution in [0.5, 0.6) is 0 Å². The van der Waals surface area contributed by atoms with E-state index in [-0.39, 0.29) is 11.5 Å². The zero-order chi connectivity index (χ0) is 22.8. The van der Waals surface area contributed by atoms with Crippen molar-refractivity contribution in [2.24, 2.45) is 0 Å². The van der Waals surface area contributed by atoms with E-state index in [4.69, 9.17) is 9.84 Å². The summed E-state index contributed by atoms with van der Waals surface area (Å²) in [6.07, 6.45) is -0.715. The minimum Gasteiger partial charge on any atom is -0.465 e. The highest BCUT2D eigenvalue weighted by atomic mass is 19.3. The number of amides is 1. The first-order valence-electron chi connectivity index (χ1n) is 10.9. The molecule has 1 saturated heterocycles. The van der Waals surface area contributed by atoms with Gasteiger partial charge in [-0.2, -0.15) is 0 Å². The van der Waals surface area contributed by atoms with Crippen LogP contribution in [0.2, 0.25) is 0 Å². The molecule has 1 aliphatic heterocycles. The Bertz CT molecular complexity index is 808. The van der Waals surface area contributed by atoms with Crippen molar-refractivity contribution in [2.75, 3.05) is 26.2 Å². The van der Waals surface area contributed by atoms with Gasteiger partial charge in [0, 0.05) is 38.3 Å². The minimum atomic E-state index is -2.62. The Labute approximate surface area is 182 Å². The van der Waals surface area contributed by atoms with Gasteiger partial charge in [0.15, 0.2) is 0 Å². The van der Waals surface area contributed by atoms with Gasteiger partial charge in [-0.05, 0) is 50.8 Å². The Kier molecular flexibility index (Phi) is 6.88. The number of halogens is 2. The number of alkyl halides is 2. The van der Waals surface area contributed by atoms with Crippen LogP contribution >= 0.6 is 0 Å². The summed E-state index contributed by atoms with van der Waals surface area (Å²) in [6.45, 7) is 7.83. The third kappa shape index (κ3) is 5.34. The zero-order valence-electron chi connectivity index (χ0n) is 18.5. The maximum absolute atomic E-state index is 13.6. The highest BCUT2D eigenvalue weighted by Gasteiger charge is 2.47. The van der Waals surface area contributed by atoms with Gasteiger partial charge < -0.3 is 14.7 Å². The lowest BCUT2D eigenvalue weighted by molar-refractivity contribution is -0.162. The molecule has 8 heteroatoms. The fourth-order valence-corrected chi connectivity index (χ4v) is 4.59. The van der Waals surface area contributed by atoms with Crippen LogP contribution in [0.4, 0.5) is 13.6 Å². The first-order chi connectivity index (χ1) is 14.5. The summed E-state index contributed by atoms with van der Waals surface area (Å²) in [5, 5.41) is 9.16. The number of ether oxygens (including phenoxy) is 1. The molecule has 1 aromatic carbocycles. The number of esters is 1. The van der Waals surface area contributed by atoms with Gasteiger partial charge in [-0.1, -0.05) is 25.0 Å². The molecule has 1 heterocycles. The molecule has 172 valence electrons. The van der Waals surface area contributed by atoms with Gasteiger partial charge in [0.05, 0.1) is 5.41 Å². The van der Waals surface area contributed by atoms with E-state index >= 15 is 0 Å². The van der Waals surface area contributed by atoms with Crippen LogP contribution in [0.25, 0.3) is 0 Å². The first kappa shape index (κ1) is 23.4. The number of carboxylic acid groups (broad SMARTS) is 1. The van der Waals surface area contributed by atoms with E-state index in [0.29, 0.717) is 51.1 Å². The molecular weight excluding hydrogens is 406 g/mol. The third-order valence-electron chi connectivity index (χ3n) is 6.18. The van der Waals surface area contributed by atoms with E-state index in [0.717, 1.165) is 18.4 Å². The molecule has 0 atom stereocenters. The number of hydrogen-bond acceptors (Lipinski definition) is 4. The van der Waals surface area contributed by atoms with Crippen molar-refractivity contribution in [1.82, 2.24) is 9.80 Å². The lowest BCUT2D eigenvalue weighted by atomic mass is 9.75. The number of carbonyl (C=O) groups excluding carboxylic acids is 1. The topological polar surface area (TPSA) is 70.1 Å². The van der Waals surface area contributed by atoms with Crippen LogP contribution in [-0.2, 0) is 21.5 Å². The second kappa shape index (κ2) is 9.10. The molecule has 1 saturated carbocycles. The fourth-order valence-electron chi connectivity index (χ4n) is 4.59. The minimum absolute atomic E-state index is 0.0933. The second-order valence-electron chi connectivity index (χ2n) is 9.55. The van der Waals surface area contributed by atoms with Gasteiger partial charge in [-0.3, -0.25) is 9.69 Å². The van der Waals surface area contributed by atoms with Crippen molar-refractivity contribution in [1.29, 1.82) is 0 Å². The van der Waals surface area contributed by atoms with Crippen LogP contribution in [0.15, 0.2) is 18.2 Å². The van der Waals surface area contributed by atoms with Gasteiger partial charge >= 0.3 is 12.1 Å². The average Bonchev–Trinajstić information content (AvgIpc) is 3.18. The van der Waals surface area contributed by atoms with Crippen molar-refractivity contribution in [3.8, 4) is 0 Å². The molecule has 1 aliphatic carbocycles. The molecule has 6 nitrogen and oxygen atoms in total. The number of rotatable bonds is 5. The van der Waals surface area contributed by atoms with Gasteiger partial charge in [-0.15, -0.1) is 0 Å². The largest absolute Gasteiger partial charge is 0.465 e. The first-order valence-corrected chi connectivity index (χ1v) is 10.9. The van der Waals surface area contributed by atoms with Crippen molar-refractivity contribution >= 4 is 12.1 Å². The van der Waals surface area contributed by atoms with Crippen LogP contribution < -0.4 is 0 Å². The molecule has 2 aliphatic rings. The fraction of sp³-hybridized carbons (Fsp3) is 0.652. The van der Waals surface area contributed by atoms with Crippen molar-refractivity contribution < 1.29 is 28.2 Å². The summed E-state index contributed by atoms with van der Waals surface area (Å²) in [4.78, 5) is 28.0. The van der Waals surface area contributed by atoms with Crippen LogP contribution in [0.3, 0.4) is 0 Å². The molecule has 2 fully saturated rings. The summed E-state index contributed by atoms with van der Waals surface area (Å²) in [5.74, 6) is -0.346. The highest BCUT2D eigenvalue weighted by molar-refractivity contribution is 5.84. The normalized spacial score (nSPS) is 19.6. The lowest BCUT2D eigenvalue weighted by Crippen LogP contribution is -2.48. The number of piperazine rings is 1. The zero-order valence-corrected chi connectivity index (χ0v) is 18.5. The SMILES string of the molecule is CC(C)(C)OC(=O)C1(c2cc(C(F)F)ccc2CN2CCN(C(=O)O)CC2)CCCC1. The van der Waals surface area contributed by atoms with Gasteiger partial charge in [0.1, 0.15) is 5.60 Å². The molecule has 1 aromatic rings. The molecule has 0 spiro atoms. The Morgan fingerprint density at radius 3 is 2.26 bits per heavy atom. The molecule has 0 radical (unpaired) electrons. The standard InChI is InChI=1S/C23H32F2N2O4/c1-22(2,3)31-20(28)23(8-4-5-9-23)18-14-16(19(24)25)6-7-17(18)15-26-10-12-27(13-11-26)21(29)30/h6-7,14,19H,4-5,8-13,15H2,1-3H3,(H,29,30). The van der Waals surface area contributed by atoms with E-state index in [1.165, 1.54) is 17.0 Å².